The summed E-state index contributed by atoms with van der Waals surface area (Å²) in [5, 5.41) is 0. The average Bonchev–Trinajstić information content (AvgIpc) is 2.99. The maximum atomic E-state index is 13.0. The third-order valence-corrected chi connectivity index (χ3v) is 4.69. The van der Waals surface area contributed by atoms with Crippen molar-refractivity contribution >= 4 is 0 Å². The van der Waals surface area contributed by atoms with Crippen LogP contribution in [-0.2, 0) is 13.0 Å². The van der Waals surface area contributed by atoms with E-state index < -0.39 is 0 Å². The van der Waals surface area contributed by atoms with Crippen LogP contribution in [-0.4, -0.2) is 54.1 Å². The van der Waals surface area contributed by atoms with Crippen LogP contribution >= 0.6 is 0 Å². The van der Waals surface area contributed by atoms with Crippen molar-refractivity contribution in [3.63, 3.8) is 0 Å². The van der Waals surface area contributed by atoms with Crippen molar-refractivity contribution in [1.82, 2.24) is 14.4 Å². The van der Waals surface area contributed by atoms with Gasteiger partial charge in [-0.05, 0) is 56.3 Å². The zero-order valence-electron chi connectivity index (χ0n) is 13.9. The number of piperazine rings is 1. The molecule has 0 atom stereocenters. The van der Waals surface area contributed by atoms with Crippen LogP contribution in [0.5, 0.6) is 0 Å². The summed E-state index contributed by atoms with van der Waals surface area (Å²) in [6, 6.07) is 11.1. The van der Waals surface area contributed by atoms with E-state index in [0.29, 0.717) is 0 Å². The molecule has 4 heteroatoms. The molecular weight excluding hydrogens is 289 g/mol. The molecule has 0 spiro atoms. The lowest BCUT2D eigenvalue weighted by Crippen LogP contribution is -2.44. The van der Waals surface area contributed by atoms with Crippen molar-refractivity contribution in [2.75, 3.05) is 39.8 Å². The van der Waals surface area contributed by atoms with E-state index >= 15 is 0 Å². The van der Waals surface area contributed by atoms with E-state index in [1.165, 1.54) is 57.0 Å². The second kappa shape index (κ2) is 7.75. The fourth-order valence-corrected chi connectivity index (χ4v) is 3.17. The number of benzene rings is 1. The van der Waals surface area contributed by atoms with Crippen LogP contribution in [0, 0.1) is 5.82 Å². The Morgan fingerprint density at radius 3 is 2.48 bits per heavy atom. The van der Waals surface area contributed by atoms with Gasteiger partial charge in [-0.2, -0.15) is 0 Å². The van der Waals surface area contributed by atoms with Crippen LogP contribution in [0.1, 0.15) is 17.7 Å². The van der Waals surface area contributed by atoms with Gasteiger partial charge in [-0.3, -0.25) is 0 Å². The van der Waals surface area contributed by atoms with Gasteiger partial charge in [-0.1, -0.05) is 12.1 Å². The maximum Gasteiger partial charge on any atom is 0.123 e. The molecule has 23 heavy (non-hydrogen) atoms. The summed E-state index contributed by atoms with van der Waals surface area (Å²) >= 11 is 0. The highest BCUT2D eigenvalue weighted by Crippen LogP contribution is 2.11. The third kappa shape index (κ3) is 4.66. The molecule has 1 aliphatic rings. The van der Waals surface area contributed by atoms with Crippen LogP contribution in [0.15, 0.2) is 42.6 Å². The number of halogens is 1. The normalized spacial score (nSPS) is 16.8. The Hall–Kier alpha value is -1.65. The summed E-state index contributed by atoms with van der Waals surface area (Å²) in [5.41, 5.74) is 2.51. The van der Waals surface area contributed by atoms with Gasteiger partial charge in [0.15, 0.2) is 0 Å². The fourth-order valence-electron chi connectivity index (χ4n) is 3.17. The second-order valence-electron chi connectivity index (χ2n) is 6.50. The van der Waals surface area contributed by atoms with Gasteiger partial charge in [0.2, 0.25) is 0 Å². The lowest BCUT2D eigenvalue weighted by Gasteiger charge is -2.32. The molecule has 2 heterocycles. The second-order valence-corrected chi connectivity index (χ2v) is 6.50. The lowest BCUT2D eigenvalue weighted by molar-refractivity contribution is 0.153. The van der Waals surface area contributed by atoms with E-state index in [1.54, 1.807) is 0 Å². The highest BCUT2D eigenvalue weighted by Gasteiger charge is 2.13. The van der Waals surface area contributed by atoms with Crippen LogP contribution in [0.3, 0.4) is 0 Å². The molecule has 3 nitrogen and oxygen atoms in total. The average molecular weight is 315 g/mol. The van der Waals surface area contributed by atoms with Gasteiger partial charge in [-0.15, -0.1) is 0 Å². The minimum Gasteiger partial charge on any atom is -0.347 e. The van der Waals surface area contributed by atoms with Crippen molar-refractivity contribution in [3.8, 4) is 0 Å². The largest absolute Gasteiger partial charge is 0.347 e. The molecule has 0 aliphatic carbocycles. The summed E-state index contributed by atoms with van der Waals surface area (Å²) in [6.07, 6.45) is 4.41. The number of hydrogen-bond acceptors (Lipinski definition) is 2. The standard InChI is InChI=1S/C19H26FN3/c1-21-12-14-22(15-13-21)10-2-4-19-5-3-11-23(19)16-17-6-8-18(20)9-7-17/h3,5-9,11H,2,4,10,12-16H2,1H3. The van der Waals surface area contributed by atoms with Crippen molar-refractivity contribution in [2.24, 2.45) is 0 Å². The van der Waals surface area contributed by atoms with Crippen LogP contribution in [0.4, 0.5) is 4.39 Å². The highest BCUT2D eigenvalue weighted by atomic mass is 19.1. The molecular formula is C19H26FN3. The van der Waals surface area contributed by atoms with E-state index in [0.717, 1.165) is 18.5 Å². The Kier molecular flexibility index (Phi) is 5.47. The van der Waals surface area contributed by atoms with Crippen LogP contribution in [0.25, 0.3) is 0 Å². The van der Waals surface area contributed by atoms with E-state index in [1.807, 2.05) is 12.1 Å². The summed E-state index contributed by atoms with van der Waals surface area (Å²) in [7, 11) is 2.19. The molecule has 1 aliphatic heterocycles. The van der Waals surface area contributed by atoms with Crippen LogP contribution < -0.4 is 0 Å². The molecule has 1 aromatic carbocycles. The topological polar surface area (TPSA) is 11.4 Å². The summed E-state index contributed by atoms with van der Waals surface area (Å²) in [5.74, 6) is -0.173. The zero-order chi connectivity index (χ0) is 16.1. The fraction of sp³-hybridized carbons (Fsp3) is 0.474. The van der Waals surface area contributed by atoms with Gasteiger partial charge >= 0.3 is 0 Å². The smallest absolute Gasteiger partial charge is 0.123 e. The Labute approximate surface area is 138 Å². The number of likely N-dealkylation sites (N-methyl/N-ethyl adjacent to an activating group) is 1. The first kappa shape index (κ1) is 16.2. The SMILES string of the molecule is CN1CCN(CCCc2cccn2Cc2ccc(F)cc2)CC1. The van der Waals surface area contributed by atoms with Crippen molar-refractivity contribution in [1.29, 1.82) is 0 Å². The van der Waals surface area contributed by atoms with Crippen molar-refractivity contribution < 1.29 is 4.39 Å². The third-order valence-electron chi connectivity index (χ3n) is 4.69. The Morgan fingerprint density at radius 1 is 1.00 bits per heavy atom. The molecule has 2 aromatic rings. The number of aryl methyl sites for hydroxylation is 1. The lowest BCUT2D eigenvalue weighted by atomic mass is 10.2. The minimum atomic E-state index is -0.173. The molecule has 0 radical (unpaired) electrons. The predicted molar refractivity (Wildman–Crippen MR) is 92.2 cm³/mol. The quantitative estimate of drug-likeness (QED) is 0.812. The van der Waals surface area contributed by atoms with Crippen molar-refractivity contribution in [2.45, 2.75) is 19.4 Å². The molecule has 1 saturated heterocycles. The molecule has 3 rings (SSSR count). The molecule has 0 unspecified atom stereocenters. The van der Waals surface area contributed by atoms with Gasteiger partial charge < -0.3 is 14.4 Å². The first-order valence-electron chi connectivity index (χ1n) is 8.50. The monoisotopic (exact) mass is 315 g/mol. The molecule has 0 N–H and O–H groups in total. The Balaban J connectivity index is 1.49. The van der Waals surface area contributed by atoms with E-state index in [-0.39, 0.29) is 5.82 Å². The number of hydrogen-bond donors (Lipinski definition) is 0. The summed E-state index contributed by atoms with van der Waals surface area (Å²) in [6.45, 7) is 6.73. The molecule has 0 saturated carbocycles. The first-order valence-corrected chi connectivity index (χ1v) is 8.50. The highest BCUT2D eigenvalue weighted by molar-refractivity contribution is 5.18. The van der Waals surface area contributed by atoms with Gasteiger partial charge in [0.1, 0.15) is 5.82 Å². The molecule has 0 amide bonds. The van der Waals surface area contributed by atoms with E-state index in [2.05, 4.69) is 39.7 Å². The predicted octanol–water partition coefficient (Wildman–Crippen LogP) is 2.86. The number of aromatic nitrogens is 1. The van der Waals surface area contributed by atoms with Crippen molar-refractivity contribution in [3.05, 3.63) is 59.7 Å². The summed E-state index contributed by atoms with van der Waals surface area (Å²) < 4.78 is 15.3. The van der Waals surface area contributed by atoms with Gasteiger partial charge in [0, 0.05) is 44.6 Å². The molecule has 124 valence electrons. The zero-order valence-corrected chi connectivity index (χ0v) is 13.9. The summed E-state index contributed by atoms with van der Waals surface area (Å²) in [4.78, 5) is 4.96. The van der Waals surface area contributed by atoms with Gasteiger partial charge in [0.25, 0.3) is 0 Å². The van der Waals surface area contributed by atoms with Gasteiger partial charge in [0.05, 0.1) is 0 Å². The van der Waals surface area contributed by atoms with Gasteiger partial charge in [-0.25, -0.2) is 4.39 Å². The Bertz CT molecular complexity index is 597. The van der Waals surface area contributed by atoms with E-state index in [9.17, 15) is 4.39 Å². The number of rotatable bonds is 6. The maximum absolute atomic E-state index is 13.0. The minimum absolute atomic E-state index is 0.173. The molecule has 1 aromatic heterocycles. The van der Waals surface area contributed by atoms with E-state index in [4.69, 9.17) is 0 Å². The van der Waals surface area contributed by atoms with Crippen LogP contribution in [0.2, 0.25) is 0 Å². The first-order chi connectivity index (χ1) is 11.2. The molecule has 0 bridgehead atoms. The Morgan fingerprint density at radius 2 is 1.74 bits per heavy atom. The molecule has 1 fully saturated rings. The number of nitrogens with zero attached hydrogens (tertiary/aromatic N) is 3.